The number of fused-ring (bicyclic) bond motifs is 1. The fourth-order valence-corrected chi connectivity index (χ4v) is 7.89. The topological polar surface area (TPSA) is 71.5 Å². The molecule has 208 valence electrons. The zero-order valence-electron chi connectivity index (χ0n) is 22.2. The number of ketones is 1. The van der Waals surface area contributed by atoms with E-state index in [0.29, 0.717) is 15.8 Å². The standard InChI is InChI=1S/C31H32ClN3O3S2/c32-24-11-9-23(10-12-24)28(36)22-7-3-20(4-8-22)1-2-21-5-13-25(14-6-21)33-29(37)26-19-27-30(39-26)34-31(40-27)35-15-17-38-18-16-35/h5-6,9-14,19-20,22H,1-4,7-8,15-18H2,(H,33,37). The fourth-order valence-electron chi connectivity index (χ4n) is 5.61. The molecule has 1 aliphatic carbocycles. The van der Waals surface area contributed by atoms with Crippen molar-refractivity contribution in [3.8, 4) is 0 Å². The third-order valence-electron chi connectivity index (χ3n) is 7.98. The van der Waals surface area contributed by atoms with E-state index in [9.17, 15) is 9.59 Å². The van der Waals surface area contributed by atoms with Gasteiger partial charge in [0.05, 0.1) is 22.8 Å². The molecule has 1 saturated carbocycles. The summed E-state index contributed by atoms with van der Waals surface area (Å²) < 4.78 is 6.48. The lowest BCUT2D eigenvalue weighted by Crippen LogP contribution is -2.36. The van der Waals surface area contributed by atoms with E-state index >= 15 is 0 Å². The predicted molar refractivity (Wildman–Crippen MR) is 164 cm³/mol. The molecule has 0 atom stereocenters. The average molecular weight is 594 g/mol. The van der Waals surface area contributed by atoms with Gasteiger partial charge in [-0.3, -0.25) is 9.59 Å². The van der Waals surface area contributed by atoms with Crippen LogP contribution in [0.3, 0.4) is 0 Å². The zero-order valence-corrected chi connectivity index (χ0v) is 24.6. The van der Waals surface area contributed by atoms with Gasteiger partial charge in [0.25, 0.3) is 5.91 Å². The molecule has 1 amide bonds. The van der Waals surface area contributed by atoms with Crippen molar-refractivity contribution >= 4 is 66.3 Å². The van der Waals surface area contributed by atoms with Gasteiger partial charge in [0.1, 0.15) is 4.83 Å². The summed E-state index contributed by atoms with van der Waals surface area (Å²) in [7, 11) is 0. The number of nitrogens with zero attached hydrogens (tertiary/aromatic N) is 2. The Labute approximate surface area is 247 Å². The number of hydrogen-bond acceptors (Lipinski definition) is 7. The van der Waals surface area contributed by atoms with E-state index in [2.05, 4.69) is 22.3 Å². The predicted octanol–water partition coefficient (Wildman–Crippen LogP) is 7.72. The minimum absolute atomic E-state index is 0.0965. The van der Waals surface area contributed by atoms with Gasteiger partial charge in [0.2, 0.25) is 0 Å². The van der Waals surface area contributed by atoms with Crippen LogP contribution in [0.5, 0.6) is 0 Å². The van der Waals surface area contributed by atoms with Gasteiger partial charge in [0, 0.05) is 35.3 Å². The molecule has 2 aliphatic rings. The second-order valence-electron chi connectivity index (χ2n) is 10.7. The minimum atomic E-state index is -0.0965. The largest absolute Gasteiger partial charge is 0.378 e. The molecule has 2 aromatic heterocycles. The molecule has 2 aromatic carbocycles. The van der Waals surface area contributed by atoms with Crippen molar-refractivity contribution in [2.45, 2.75) is 38.5 Å². The average Bonchev–Trinajstić information content (AvgIpc) is 3.58. The maximum Gasteiger partial charge on any atom is 0.265 e. The molecule has 0 radical (unpaired) electrons. The van der Waals surface area contributed by atoms with Gasteiger partial charge in [-0.05, 0) is 92.5 Å². The number of carbonyl (C=O) groups is 2. The molecule has 6 nitrogen and oxygen atoms in total. The smallest absolute Gasteiger partial charge is 0.265 e. The van der Waals surface area contributed by atoms with Gasteiger partial charge in [-0.15, -0.1) is 11.3 Å². The number of aromatic nitrogens is 1. The Hall–Kier alpha value is -2.78. The van der Waals surface area contributed by atoms with Crippen molar-refractivity contribution in [3.63, 3.8) is 0 Å². The van der Waals surface area contributed by atoms with E-state index in [1.807, 2.05) is 30.3 Å². The number of hydrogen-bond donors (Lipinski definition) is 1. The van der Waals surface area contributed by atoms with Crippen LogP contribution in [0, 0.1) is 11.8 Å². The van der Waals surface area contributed by atoms with Crippen LogP contribution in [0.4, 0.5) is 10.8 Å². The van der Waals surface area contributed by atoms with Crippen LogP contribution >= 0.6 is 34.3 Å². The highest BCUT2D eigenvalue weighted by Gasteiger charge is 2.27. The van der Waals surface area contributed by atoms with Crippen molar-refractivity contribution in [2.75, 3.05) is 36.5 Å². The maximum atomic E-state index is 12.9. The second kappa shape index (κ2) is 12.4. The number of anilines is 2. The van der Waals surface area contributed by atoms with E-state index < -0.39 is 0 Å². The molecule has 40 heavy (non-hydrogen) atoms. The summed E-state index contributed by atoms with van der Waals surface area (Å²) >= 11 is 9.04. The van der Waals surface area contributed by atoms with E-state index in [0.717, 1.165) is 90.7 Å². The molecule has 1 aliphatic heterocycles. The second-order valence-corrected chi connectivity index (χ2v) is 13.1. The summed E-state index contributed by atoms with van der Waals surface area (Å²) in [6.07, 6.45) is 6.24. The van der Waals surface area contributed by atoms with E-state index in [-0.39, 0.29) is 17.6 Å². The first-order valence-electron chi connectivity index (χ1n) is 13.9. The first-order valence-corrected chi connectivity index (χ1v) is 16.0. The Morgan fingerprint density at radius 3 is 2.40 bits per heavy atom. The molecular formula is C31H32ClN3O3S2. The zero-order chi connectivity index (χ0) is 27.5. The van der Waals surface area contributed by atoms with Crippen LogP contribution in [0.15, 0.2) is 54.6 Å². The quantitative estimate of drug-likeness (QED) is 0.212. The molecule has 0 unspecified atom stereocenters. The third kappa shape index (κ3) is 6.41. The number of morpholine rings is 1. The SMILES string of the molecule is O=C(Nc1ccc(CCC2CCC(C(=O)c3ccc(Cl)cc3)CC2)cc1)c1cc2sc(N3CCOCC3)nc2s1. The van der Waals surface area contributed by atoms with Gasteiger partial charge in [0.15, 0.2) is 10.9 Å². The summed E-state index contributed by atoms with van der Waals surface area (Å²) in [5.74, 6) is 0.936. The highest BCUT2D eigenvalue weighted by atomic mass is 35.5. The van der Waals surface area contributed by atoms with Crippen LogP contribution in [0.25, 0.3) is 9.53 Å². The maximum absolute atomic E-state index is 12.9. The summed E-state index contributed by atoms with van der Waals surface area (Å²) in [6.45, 7) is 3.18. The van der Waals surface area contributed by atoms with Gasteiger partial charge in [-0.1, -0.05) is 35.1 Å². The number of amides is 1. The normalized spacial score (nSPS) is 19.6. The number of ether oxygens (including phenoxy) is 1. The Balaban J connectivity index is 0.964. The van der Waals surface area contributed by atoms with Crippen LogP contribution in [-0.2, 0) is 11.2 Å². The van der Waals surface area contributed by atoms with Crippen molar-refractivity contribution in [1.82, 2.24) is 4.98 Å². The summed E-state index contributed by atoms with van der Waals surface area (Å²) in [6, 6.07) is 17.4. The number of rotatable bonds is 8. The van der Waals surface area contributed by atoms with Crippen molar-refractivity contribution < 1.29 is 14.3 Å². The molecule has 1 N–H and O–H groups in total. The summed E-state index contributed by atoms with van der Waals surface area (Å²) in [5, 5.41) is 4.70. The fraction of sp³-hybridized carbons (Fsp3) is 0.387. The number of aryl methyl sites for hydroxylation is 1. The number of nitrogens with one attached hydrogen (secondary N) is 1. The van der Waals surface area contributed by atoms with Crippen LogP contribution in [0.2, 0.25) is 5.02 Å². The molecule has 0 spiro atoms. The minimum Gasteiger partial charge on any atom is -0.378 e. The number of Topliss-reactive ketones (excluding diaryl/α,β-unsaturated/α-hetero) is 1. The number of benzene rings is 2. The number of thiazole rings is 1. The lowest BCUT2D eigenvalue weighted by Gasteiger charge is -2.27. The van der Waals surface area contributed by atoms with Crippen LogP contribution in [-0.4, -0.2) is 43.0 Å². The molecular weight excluding hydrogens is 562 g/mol. The molecule has 1 saturated heterocycles. The summed E-state index contributed by atoms with van der Waals surface area (Å²) in [4.78, 5) is 34.3. The van der Waals surface area contributed by atoms with Crippen molar-refractivity contribution in [1.29, 1.82) is 0 Å². The molecule has 0 bridgehead atoms. The van der Waals surface area contributed by atoms with Gasteiger partial charge in [-0.2, -0.15) is 0 Å². The molecule has 3 heterocycles. The molecule has 2 fully saturated rings. The first-order chi connectivity index (χ1) is 19.5. The van der Waals surface area contributed by atoms with Crippen molar-refractivity contribution in [3.05, 3.63) is 75.6 Å². The van der Waals surface area contributed by atoms with Crippen LogP contribution in [0.1, 0.15) is 57.7 Å². The van der Waals surface area contributed by atoms with Gasteiger partial charge in [-0.25, -0.2) is 4.98 Å². The third-order valence-corrected chi connectivity index (χ3v) is 10.5. The van der Waals surface area contributed by atoms with Gasteiger partial charge >= 0.3 is 0 Å². The Bertz CT molecular complexity index is 1440. The number of thiophene rings is 1. The highest BCUT2D eigenvalue weighted by molar-refractivity contribution is 7.29. The summed E-state index contributed by atoms with van der Waals surface area (Å²) in [5.41, 5.74) is 2.84. The highest BCUT2D eigenvalue weighted by Crippen LogP contribution is 2.36. The van der Waals surface area contributed by atoms with Crippen LogP contribution < -0.4 is 10.2 Å². The Morgan fingerprint density at radius 1 is 0.975 bits per heavy atom. The number of carbonyl (C=O) groups excluding carboxylic acids is 2. The Kier molecular flexibility index (Phi) is 8.48. The lowest BCUT2D eigenvalue weighted by atomic mass is 9.77. The lowest BCUT2D eigenvalue weighted by molar-refractivity contribution is 0.0869. The molecule has 9 heteroatoms. The molecule has 4 aromatic rings. The first kappa shape index (κ1) is 27.4. The monoisotopic (exact) mass is 593 g/mol. The number of halogens is 1. The van der Waals surface area contributed by atoms with E-state index in [4.69, 9.17) is 21.3 Å². The van der Waals surface area contributed by atoms with Gasteiger partial charge < -0.3 is 15.0 Å². The van der Waals surface area contributed by atoms with Crippen molar-refractivity contribution in [2.24, 2.45) is 11.8 Å². The molecule has 6 rings (SSSR count). The van der Waals surface area contributed by atoms with E-state index in [1.54, 1.807) is 23.5 Å². The van der Waals surface area contributed by atoms with E-state index in [1.165, 1.54) is 16.9 Å². The Morgan fingerprint density at radius 2 is 1.70 bits per heavy atom.